The molecule has 0 bridgehead atoms. The van der Waals surface area contributed by atoms with Crippen molar-refractivity contribution in [3.05, 3.63) is 35.4 Å². The first-order chi connectivity index (χ1) is 10.2. The molecule has 3 fully saturated rings. The molecule has 4 heteroatoms. The Morgan fingerprint density at radius 2 is 2.10 bits per heavy atom. The quantitative estimate of drug-likeness (QED) is 0.924. The van der Waals surface area contributed by atoms with Gasteiger partial charge in [-0.1, -0.05) is 12.1 Å². The van der Waals surface area contributed by atoms with E-state index in [1.807, 2.05) is 12.1 Å². The second kappa shape index (κ2) is 4.82. The number of carbonyl (C=O) groups is 1. The van der Waals surface area contributed by atoms with Gasteiger partial charge in [0.2, 0.25) is 0 Å². The number of benzene rings is 1. The van der Waals surface area contributed by atoms with Gasteiger partial charge in [-0.3, -0.25) is 4.90 Å². The van der Waals surface area contributed by atoms with E-state index in [4.69, 9.17) is 9.84 Å². The van der Waals surface area contributed by atoms with Gasteiger partial charge in [0.05, 0.1) is 11.2 Å². The number of aromatic carboxylic acids is 1. The number of rotatable bonds is 4. The molecule has 112 valence electrons. The second-order valence-corrected chi connectivity index (χ2v) is 6.71. The fourth-order valence-corrected chi connectivity index (χ4v) is 4.11. The minimum absolute atomic E-state index is 0.141. The van der Waals surface area contributed by atoms with Gasteiger partial charge in [0.25, 0.3) is 0 Å². The maximum Gasteiger partial charge on any atom is 0.335 e. The highest BCUT2D eigenvalue weighted by Gasteiger charge is 2.59. The maximum atomic E-state index is 10.9. The van der Waals surface area contributed by atoms with E-state index in [-0.39, 0.29) is 5.60 Å². The zero-order valence-electron chi connectivity index (χ0n) is 12.1. The van der Waals surface area contributed by atoms with E-state index in [0.29, 0.717) is 11.6 Å². The number of nitrogens with zero attached hydrogens (tertiary/aromatic N) is 1. The molecule has 3 aliphatic rings. The number of ether oxygens (including phenoxy) is 1. The predicted molar refractivity (Wildman–Crippen MR) is 78.2 cm³/mol. The highest BCUT2D eigenvalue weighted by atomic mass is 16.5. The first-order valence-electron chi connectivity index (χ1n) is 7.88. The molecule has 1 saturated carbocycles. The molecule has 1 aromatic rings. The second-order valence-electron chi connectivity index (χ2n) is 6.71. The third-order valence-electron chi connectivity index (χ3n) is 5.19. The molecular weight excluding hydrogens is 266 g/mol. The summed E-state index contributed by atoms with van der Waals surface area (Å²) in [7, 11) is 0. The van der Waals surface area contributed by atoms with Gasteiger partial charge in [-0.05, 0) is 49.3 Å². The Balaban J connectivity index is 1.46. The van der Waals surface area contributed by atoms with Crippen molar-refractivity contribution in [1.82, 2.24) is 4.90 Å². The topological polar surface area (TPSA) is 49.8 Å². The van der Waals surface area contributed by atoms with Crippen LogP contribution in [-0.4, -0.2) is 40.8 Å². The monoisotopic (exact) mass is 287 g/mol. The fraction of sp³-hybridized carbons (Fsp3) is 0.588. The molecule has 1 N–H and O–H groups in total. The Morgan fingerprint density at radius 3 is 2.67 bits per heavy atom. The summed E-state index contributed by atoms with van der Waals surface area (Å²) in [5.41, 5.74) is 1.69. The van der Waals surface area contributed by atoms with Crippen LogP contribution in [0.15, 0.2) is 24.3 Å². The molecule has 0 radical (unpaired) electrons. The molecule has 2 unspecified atom stereocenters. The van der Waals surface area contributed by atoms with Crippen molar-refractivity contribution in [2.45, 2.75) is 43.9 Å². The Hall–Kier alpha value is -1.39. The number of hydrogen-bond donors (Lipinski definition) is 1. The fourth-order valence-electron chi connectivity index (χ4n) is 4.11. The van der Waals surface area contributed by atoms with Gasteiger partial charge >= 0.3 is 5.97 Å². The smallest absolute Gasteiger partial charge is 0.335 e. The summed E-state index contributed by atoms with van der Waals surface area (Å²) in [5.74, 6) is -0.0465. The Bertz CT molecular complexity index is 544. The van der Waals surface area contributed by atoms with Crippen LogP contribution in [0.2, 0.25) is 0 Å². The van der Waals surface area contributed by atoms with Gasteiger partial charge in [-0.15, -0.1) is 0 Å². The van der Waals surface area contributed by atoms with E-state index in [1.165, 1.54) is 31.2 Å². The van der Waals surface area contributed by atoms with Crippen LogP contribution in [0.5, 0.6) is 0 Å². The summed E-state index contributed by atoms with van der Waals surface area (Å²) in [4.78, 5) is 13.4. The average Bonchev–Trinajstić information content (AvgIpc) is 3.13. The number of carboxylic acid groups (broad SMARTS) is 1. The Kier molecular flexibility index (Phi) is 3.05. The Labute approximate surface area is 124 Å². The van der Waals surface area contributed by atoms with Crippen LogP contribution in [-0.2, 0) is 11.3 Å². The molecule has 4 nitrogen and oxygen atoms in total. The third kappa shape index (κ3) is 2.27. The van der Waals surface area contributed by atoms with E-state index in [0.717, 1.165) is 25.6 Å². The van der Waals surface area contributed by atoms with Gasteiger partial charge in [-0.2, -0.15) is 0 Å². The van der Waals surface area contributed by atoms with Gasteiger partial charge in [-0.25, -0.2) is 4.79 Å². The van der Waals surface area contributed by atoms with E-state index in [2.05, 4.69) is 4.90 Å². The molecule has 2 atom stereocenters. The summed E-state index contributed by atoms with van der Waals surface area (Å²) < 4.78 is 6.09. The van der Waals surface area contributed by atoms with E-state index < -0.39 is 5.97 Å². The van der Waals surface area contributed by atoms with Crippen molar-refractivity contribution >= 4 is 5.97 Å². The molecule has 2 heterocycles. The number of carboxylic acids is 1. The van der Waals surface area contributed by atoms with Crippen molar-refractivity contribution < 1.29 is 14.6 Å². The number of hydrogen-bond acceptors (Lipinski definition) is 3. The summed E-state index contributed by atoms with van der Waals surface area (Å²) in [6.45, 7) is 2.87. The normalized spacial score (nSPS) is 32.3. The molecule has 1 spiro atoms. The van der Waals surface area contributed by atoms with Crippen molar-refractivity contribution in [3.8, 4) is 0 Å². The standard InChI is InChI=1S/C17H21NO3/c19-16(20)14-4-2-12(3-5-14)10-18-11-17(8-1-9-21-17)15(18)13-6-7-13/h2-5,13,15H,1,6-11H2,(H,19,20). The van der Waals surface area contributed by atoms with Crippen molar-refractivity contribution in [2.75, 3.05) is 13.2 Å². The minimum Gasteiger partial charge on any atom is -0.478 e. The Morgan fingerprint density at radius 1 is 1.33 bits per heavy atom. The molecule has 0 amide bonds. The lowest BCUT2D eigenvalue weighted by Gasteiger charge is -2.55. The van der Waals surface area contributed by atoms with Crippen LogP contribution in [0.1, 0.15) is 41.6 Å². The minimum atomic E-state index is -0.861. The zero-order valence-corrected chi connectivity index (χ0v) is 12.1. The van der Waals surface area contributed by atoms with Crippen molar-refractivity contribution in [2.24, 2.45) is 5.92 Å². The van der Waals surface area contributed by atoms with E-state index in [1.54, 1.807) is 12.1 Å². The van der Waals surface area contributed by atoms with Crippen LogP contribution in [0.25, 0.3) is 0 Å². The summed E-state index contributed by atoms with van der Waals surface area (Å²) in [5, 5.41) is 8.95. The first-order valence-corrected chi connectivity index (χ1v) is 7.88. The third-order valence-corrected chi connectivity index (χ3v) is 5.19. The van der Waals surface area contributed by atoms with Gasteiger partial charge in [0.15, 0.2) is 0 Å². The lowest BCUT2D eigenvalue weighted by Crippen LogP contribution is -2.69. The molecular formula is C17H21NO3. The molecule has 2 aliphatic heterocycles. The van der Waals surface area contributed by atoms with Crippen LogP contribution >= 0.6 is 0 Å². The van der Waals surface area contributed by atoms with Gasteiger partial charge in [0.1, 0.15) is 0 Å². The summed E-state index contributed by atoms with van der Waals surface area (Å²) >= 11 is 0. The van der Waals surface area contributed by atoms with Crippen LogP contribution in [0, 0.1) is 5.92 Å². The summed E-state index contributed by atoms with van der Waals surface area (Å²) in [6, 6.07) is 7.86. The van der Waals surface area contributed by atoms with Gasteiger partial charge < -0.3 is 9.84 Å². The number of likely N-dealkylation sites (tertiary alicyclic amines) is 1. The van der Waals surface area contributed by atoms with Crippen LogP contribution in [0.3, 0.4) is 0 Å². The van der Waals surface area contributed by atoms with E-state index >= 15 is 0 Å². The summed E-state index contributed by atoms with van der Waals surface area (Å²) in [6.07, 6.45) is 5.08. The lowest BCUT2D eigenvalue weighted by molar-refractivity contribution is -0.172. The first kappa shape index (κ1) is 13.3. The lowest BCUT2D eigenvalue weighted by atomic mass is 9.78. The molecule has 0 aromatic heterocycles. The van der Waals surface area contributed by atoms with Gasteiger partial charge in [0, 0.05) is 25.7 Å². The average molecular weight is 287 g/mol. The van der Waals surface area contributed by atoms with Crippen molar-refractivity contribution in [1.29, 1.82) is 0 Å². The molecule has 4 rings (SSSR count). The molecule has 2 saturated heterocycles. The highest BCUT2D eigenvalue weighted by molar-refractivity contribution is 5.87. The SMILES string of the molecule is O=C(O)c1ccc(CN2CC3(CCCO3)C2C2CC2)cc1. The largest absolute Gasteiger partial charge is 0.478 e. The highest BCUT2D eigenvalue weighted by Crippen LogP contribution is 2.51. The van der Waals surface area contributed by atoms with Crippen LogP contribution < -0.4 is 0 Å². The molecule has 1 aliphatic carbocycles. The van der Waals surface area contributed by atoms with Crippen LogP contribution in [0.4, 0.5) is 0 Å². The zero-order chi connectivity index (χ0) is 14.4. The van der Waals surface area contributed by atoms with E-state index in [9.17, 15) is 4.79 Å². The molecule has 21 heavy (non-hydrogen) atoms. The van der Waals surface area contributed by atoms with Crippen molar-refractivity contribution in [3.63, 3.8) is 0 Å². The maximum absolute atomic E-state index is 10.9. The predicted octanol–water partition coefficient (Wildman–Crippen LogP) is 2.53. The molecule has 1 aromatic carbocycles.